The first-order valence-corrected chi connectivity index (χ1v) is 36.2. The number of halogens is 3. The van der Waals surface area contributed by atoms with Gasteiger partial charge in [0.15, 0.2) is 14.2 Å². The Morgan fingerprint density at radius 2 is 1.01 bits per heavy atom. The summed E-state index contributed by atoms with van der Waals surface area (Å²) in [5.41, 5.74) is 16.8. The zero-order valence-corrected chi connectivity index (χ0v) is 57.6. The lowest BCUT2D eigenvalue weighted by molar-refractivity contribution is -0.128. The number of carboxylic acids is 1. The Kier molecular flexibility index (Phi) is 20.5. The minimum atomic E-state index is -1.81. The molecule has 3 amide bonds. The fraction of sp³-hybridized carbons (Fsp3) is 0.375. The predicted octanol–water partition coefficient (Wildman–Crippen LogP) is 12.2. The molecule has 3 unspecified atom stereocenters. The predicted molar refractivity (Wildman–Crippen MR) is 369 cm³/mol. The molecule has 3 spiro atoms. The fourth-order valence-electron chi connectivity index (χ4n) is 14.3. The maximum atomic E-state index is 12.8. The second-order valence-electron chi connectivity index (χ2n) is 27.0. The summed E-state index contributed by atoms with van der Waals surface area (Å²) in [6, 6.07) is 38.9. The van der Waals surface area contributed by atoms with Crippen LogP contribution in [0.2, 0.25) is 33.2 Å². The van der Waals surface area contributed by atoms with Crippen molar-refractivity contribution >= 4 is 72.6 Å². The van der Waals surface area contributed by atoms with Crippen LogP contribution in [0.1, 0.15) is 109 Å². The summed E-state index contributed by atoms with van der Waals surface area (Å²) in [5.74, 6) is 1.55. The van der Waals surface area contributed by atoms with E-state index in [4.69, 9.17) is 64.3 Å². The number of aromatic carboxylic acids is 1. The SMILES string of the molecule is CC(C)(C)[Si](C)(C)OCCN1CC2(CCc3c(C(N)=NO)cccc32)CC1=O.O=C(O)c1cccc(Cl)c1.O=C1CC2(CCc3c(-c4noc(-c5cccc(Cl)c5)n4)cccc32)CN1CCO.O=C1CC2(CCc3c(-c4noc(-c5cccc(Cl)c5)n4)cccc32)CN1CCO. The molecule has 8 aromatic rings. The number of likely N-dealkylation sites (tertiary alicyclic amines) is 3. The van der Waals surface area contributed by atoms with Gasteiger partial charge in [0.25, 0.3) is 11.8 Å². The standard InChI is InChI=1S/2C22H20ClN3O3.C21H33N3O3Si.C7H5ClO2/c2*23-15-4-1-3-14(11-15)21-24-20(25-29-21)17-5-2-6-18-16(17)7-8-22(18)12-19(28)26(13-22)9-10-27;1-20(2,3)28(4,5)27-12-11-24-14-21(13-18(24)25)10-9-15-16(19(22)23-26)7-6-8-17(15)21;8-6-3-1-2-5(4-6)7(9)10/h2*1-6,11,27H,7-10,12-13H2;6-8,26H,9-14H2,1-5H3,(H2,22,23);1-4H,(H,9,10). The van der Waals surface area contributed by atoms with Crippen LogP contribution in [0.25, 0.3) is 45.7 Å². The van der Waals surface area contributed by atoms with Crippen LogP contribution in [-0.2, 0) is 54.3 Å². The maximum absolute atomic E-state index is 12.8. The van der Waals surface area contributed by atoms with Gasteiger partial charge in [-0.25, -0.2) is 4.79 Å². The first-order valence-electron chi connectivity index (χ1n) is 32.1. The third kappa shape index (κ3) is 14.3. The highest BCUT2D eigenvalue weighted by Gasteiger charge is 2.51. The molecule has 14 rings (SSSR count). The van der Waals surface area contributed by atoms with Gasteiger partial charge in [0, 0.05) is 118 Å². The van der Waals surface area contributed by atoms with Crippen LogP contribution in [0.3, 0.4) is 0 Å². The van der Waals surface area contributed by atoms with Crippen LogP contribution in [0.4, 0.5) is 0 Å². The van der Waals surface area contributed by atoms with Crippen molar-refractivity contribution in [1.82, 2.24) is 35.0 Å². The van der Waals surface area contributed by atoms with Crippen molar-refractivity contribution in [3.63, 3.8) is 0 Å². The van der Waals surface area contributed by atoms with E-state index in [0.717, 1.165) is 78.5 Å². The van der Waals surface area contributed by atoms with Gasteiger partial charge in [-0.15, -0.1) is 0 Å². The summed E-state index contributed by atoms with van der Waals surface area (Å²) in [6.45, 7) is 15.2. The molecule has 3 aliphatic heterocycles. The molecule has 3 fully saturated rings. The lowest BCUT2D eigenvalue weighted by Gasteiger charge is -2.36. The fourth-order valence-corrected chi connectivity index (χ4v) is 15.9. The Hall–Kier alpha value is -8.28. The number of carboxylic acid groups (broad SMARTS) is 1. The Morgan fingerprint density at radius 3 is 1.42 bits per heavy atom. The number of oxime groups is 1. The highest BCUT2D eigenvalue weighted by atomic mass is 35.5. The van der Waals surface area contributed by atoms with Gasteiger partial charge in [0.1, 0.15) is 0 Å². The number of benzene rings is 6. The number of carbonyl (C=O) groups is 4. The van der Waals surface area contributed by atoms with Crippen LogP contribution >= 0.6 is 34.8 Å². The number of amides is 3. The molecule has 24 heteroatoms. The first kappa shape index (κ1) is 69.1. The average Bonchev–Trinajstić information content (AvgIpc) is 1.60. The van der Waals surface area contributed by atoms with E-state index >= 15 is 0 Å². The summed E-state index contributed by atoms with van der Waals surface area (Å²) < 4.78 is 17.3. The zero-order chi connectivity index (χ0) is 68.3. The van der Waals surface area contributed by atoms with Crippen molar-refractivity contribution in [3.05, 3.63) is 187 Å². The molecule has 6 N–H and O–H groups in total. The second kappa shape index (κ2) is 28.4. The van der Waals surface area contributed by atoms with Gasteiger partial charge in [0.05, 0.1) is 25.4 Å². The van der Waals surface area contributed by atoms with E-state index < -0.39 is 14.3 Å². The van der Waals surface area contributed by atoms with E-state index in [-0.39, 0.29) is 63.6 Å². The lowest BCUT2D eigenvalue weighted by Crippen LogP contribution is -2.43. The average molecular weight is 1380 g/mol. The number of nitrogens with zero attached hydrogens (tertiary/aromatic N) is 8. The monoisotopic (exact) mass is 1380 g/mol. The molecule has 3 aliphatic carbocycles. The number of hydrogen-bond acceptors (Lipinski definition) is 15. The molecule has 502 valence electrons. The second-order valence-corrected chi connectivity index (χ2v) is 33.2. The van der Waals surface area contributed by atoms with Gasteiger partial charge < -0.3 is 54.4 Å². The summed E-state index contributed by atoms with van der Waals surface area (Å²) in [4.78, 5) is 62.6. The number of aliphatic hydroxyl groups is 2. The number of amidine groups is 1. The van der Waals surface area contributed by atoms with E-state index in [9.17, 15) is 29.4 Å². The number of aliphatic hydroxyl groups excluding tert-OH is 2. The number of fused-ring (bicyclic) bond motifs is 6. The molecule has 0 saturated carbocycles. The van der Waals surface area contributed by atoms with Gasteiger partial charge in [-0.05, 0) is 145 Å². The van der Waals surface area contributed by atoms with Crippen LogP contribution in [0, 0.1) is 0 Å². The lowest BCUT2D eigenvalue weighted by atomic mass is 9.80. The molecule has 0 radical (unpaired) electrons. The first-order chi connectivity index (χ1) is 45.9. The maximum Gasteiger partial charge on any atom is 0.335 e. The largest absolute Gasteiger partial charge is 0.478 e. The molecular formula is C72H78Cl3N9O11Si. The molecule has 0 bridgehead atoms. The van der Waals surface area contributed by atoms with Crippen molar-refractivity contribution in [2.45, 2.75) is 113 Å². The van der Waals surface area contributed by atoms with E-state index in [1.54, 1.807) is 46.2 Å². The van der Waals surface area contributed by atoms with Crippen molar-refractivity contribution in [1.29, 1.82) is 0 Å². The Bertz CT molecular complexity index is 4100. The van der Waals surface area contributed by atoms with Gasteiger partial charge in [-0.1, -0.05) is 144 Å². The summed E-state index contributed by atoms with van der Waals surface area (Å²) in [5, 5.41) is 49.4. The third-order valence-electron chi connectivity index (χ3n) is 20.1. The number of nitrogens with two attached hydrogens (primary N) is 1. The molecule has 6 aliphatic rings. The molecule has 6 aromatic carbocycles. The molecule has 5 heterocycles. The number of β-amino-alcohol motifs (C(OH)–C–C–N with tert-alkyl or cyclic N) is 2. The van der Waals surface area contributed by atoms with Gasteiger partial charge >= 0.3 is 5.97 Å². The quantitative estimate of drug-likeness (QED) is 0.0222. The Labute approximate surface area is 573 Å². The van der Waals surface area contributed by atoms with E-state index in [2.05, 4.69) is 77.5 Å². The van der Waals surface area contributed by atoms with Crippen LogP contribution in [0.5, 0.6) is 0 Å². The van der Waals surface area contributed by atoms with Crippen molar-refractivity contribution in [2.24, 2.45) is 10.9 Å². The number of carbonyl (C=O) groups excluding carboxylic acids is 3. The van der Waals surface area contributed by atoms with Crippen molar-refractivity contribution < 1.29 is 53.2 Å². The topological polar surface area (TPSA) is 284 Å². The Balaban J connectivity index is 0.000000136. The minimum Gasteiger partial charge on any atom is -0.478 e. The smallest absolute Gasteiger partial charge is 0.335 e. The normalized spacial score (nSPS) is 20.1. The van der Waals surface area contributed by atoms with Crippen LogP contribution < -0.4 is 5.73 Å². The highest BCUT2D eigenvalue weighted by Crippen LogP contribution is 2.51. The number of aromatic nitrogens is 4. The highest BCUT2D eigenvalue weighted by molar-refractivity contribution is 6.74. The van der Waals surface area contributed by atoms with Gasteiger partial charge in [-0.3, -0.25) is 14.4 Å². The molecular weight excluding hydrogens is 1300 g/mol. The van der Waals surface area contributed by atoms with E-state index in [1.165, 1.54) is 39.9 Å². The van der Waals surface area contributed by atoms with Gasteiger partial charge in [-0.2, -0.15) is 9.97 Å². The van der Waals surface area contributed by atoms with Crippen LogP contribution in [0.15, 0.2) is 142 Å². The molecule has 3 saturated heterocycles. The summed E-state index contributed by atoms with van der Waals surface area (Å²) >= 11 is 17.7. The molecule has 3 atom stereocenters. The number of rotatable bonds is 14. The molecule has 2 aromatic heterocycles. The molecule has 20 nitrogen and oxygen atoms in total. The molecule has 96 heavy (non-hydrogen) atoms. The zero-order valence-electron chi connectivity index (χ0n) is 54.3. The number of hydrogen-bond donors (Lipinski definition) is 5. The summed E-state index contributed by atoms with van der Waals surface area (Å²) in [6.07, 6.45) is 6.83. The minimum absolute atomic E-state index is 0.0101. The van der Waals surface area contributed by atoms with E-state index in [1.807, 2.05) is 65.6 Å². The van der Waals surface area contributed by atoms with E-state index in [0.29, 0.717) is 97.1 Å². The summed E-state index contributed by atoms with van der Waals surface area (Å²) in [7, 11) is -1.81. The Morgan fingerprint density at radius 1 is 0.604 bits per heavy atom. The third-order valence-corrected chi connectivity index (χ3v) is 25.4. The van der Waals surface area contributed by atoms with Gasteiger partial charge in [0.2, 0.25) is 29.4 Å². The van der Waals surface area contributed by atoms with Crippen molar-refractivity contribution in [3.8, 4) is 45.7 Å². The van der Waals surface area contributed by atoms with Crippen LogP contribution in [-0.4, -0.2) is 152 Å². The van der Waals surface area contributed by atoms with Crippen molar-refractivity contribution in [2.75, 3.05) is 59.1 Å².